The van der Waals surface area contributed by atoms with Gasteiger partial charge in [0.15, 0.2) is 0 Å². The summed E-state index contributed by atoms with van der Waals surface area (Å²) in [5.74, 6) is -0.968. The maximum atomic E-state index is 10.5. The van der Waals surface area contributed by atoms with Crippen LogP contribution < -0.4 is 5.73 Å². The summed E-state index contributed by atoms with van der Waals surface area (Å²) in [4.78, 5) is 10.5. The second-order valence-corrected chi connectivity index (χ2v) is 3.05. The second kappa shape index (κ2) is 3.79. The first-order chi connectivity index (χ1) is 6.54. The molecule has 0 spiro atoms. The Morgan fingerprint density at radius 3 is 2.79 bits per heavy atom. The van der Waals surface area contributed by atoms with Gasteiger partial charge in [-0.2, -0.15) is 5.26 Å². The van der Waals surface area contributed by atoms with Crippen LogP contribution >= 0.6 is 0 Å². The number of nitrogen functional groups attached to an aromatic ring is 1. The van der Waals surface area contributed by atoms with Crippen molar-refractivity contribution < 1.29 is 9.90 Å². The monoisotopic (exact) mass is 190 g/mol. The van der Waals surface area contributed by atoms with Gasteiger partial charge < -0.3 is 10.8 Å². The number of hydrogen-bond acceptors (Lipinski definition) is 3. The average molecular weight is 190 g/mol. The molecule has 4 nitrogen and oxygen atoms in total. The van der Waals surface area contributed by atoms with Crippen LogP contribution in [0.5, 0.6) is 0 Å². The van der Waals surface area contributed by atoms with Gasteiger partial charge in [-0.15, -0.1) is 0 Å². The molecule has 0 unspecified atom stereocenters. The van der Waals surface area contributed by atoms with E-state index in [2.05, 4.69) is 0 Å². The van der Waals surface area contributed by atoms with Gasteiger partial charge in [0.25, 0.3) is 0 Å². The fourth-order valence-electron chi connectivity index (χ4n) is 1.19. The molecule has 4 heteroatoms. The van der Waals surface area contributed by atoms with Gasteiger partial charge in [0.1, 0.15) is 0 Å². The average Bonchev–Trinajstić information content (AvgIpc) is 2.10. The van der Waals surface area contributed by atoms with E-state index in [0.29, 0.717) is 16.8 Å². The lowest BCUT2D eigenvalue weighted by molar-refractivity contribution is -0.136. The largest absolute Gasteiger partial charge is 0.481 e. The molecule has 0 aliphatic heterocycles. The fraction of sp³-hybridized carbons (Fsp3) is 0.200. The number of aryl methyl sites for hydroxylation is 1. The molecule has 0 radical (unpaired) electrons. The highest BCUT2D eigenvalue weighted by molar-refractivity contribution is 5.72. The van der Waals surface area contributed by atoms with Crippen molar-refractivity contribution in [2.75, 3.05) is 5.73 Å². The summed E-state index contributed by atoms with van der Waals surface area (Å²) in [6.07, 6.45) is -0.173. The van der Waals surface area contributed by atoms with Gasteiger partial charge in [0.2, 0.25) is 0 Å². The molecular weight excluding hydrogens is 180 g/mol. The third-order valence-corrected chi connectivity index (χ3v) is 1.95. The van der Waals surface area contributed by atoms with Gasteiger partial charge in [-0.25, -0.2) is 0 Å². The van der Waals surface area contributed by atoms with Crippen LogP contribution in [0.15, 0.2) is 12.1 Å². The number of anilines is 1. The SMILES string of the molecule is Cc1cc(C#N)c(CC(=O)O)cc1N. The van der Waals surface area contributed by atoms with E-state index >= 15 is 0 Å². The molecule has 0 aliphatic rings. The molecule has 0 amide bonds. The van der Waals surface area contributed by atoms with Crippen molar-refractivity contribution in [3.63, 3.8) is 0 Å². The Hall–Kier alpha value is -2.02. The molecule has 1 aromatic carbocycles. The Morgan fingerprint density at radius 1 is 1.64 bits per heavy atom. The van der Waals surface area contributed by atoms with Crippen molar-refractivity contribution in [2.24, 2.45) is 0 Å². The van der Waals surface area contributed by atoms with E-state index in [1.54, 1.807) is 19.1 Å². The second-order valence-electron chi connectivity index (χ2n) is 3.05. The predicted octanol–water partition coefficient (Wildman–Crippen LogP) is 1.08. The summed E-state index contributed by atoms with van der Waals surface area (Å²) in [5, 5.41) is 17.4. The Morgan fingerprint density at radius 2 is 2.29 bits per heavy atom. The highest BCUT2D eigenvalue weighted by Gasteiger charge is 2.08. The summed E-state index contributed by atoms with van der Waals surface area (Å²) in [6, 6.07) is 5.10. The van der Waals surface area contributed by atoms with Crippen LogP contribution in [0, 0.1) is 18.3 Å². The van der Waals surface area contributed by atoms with Crippen molar-refractivity contribution >= 4 is 11.7 Å². The van der Waals surface area contributed by atoms with Crippen LogP contribution in [0.3, 0.4) is 0 Å². The lowest BCUT2D eigenvalue weighted by Gasteiger charge is -2.05. The number of hydrogen-bond donors (Lipinski definition) is 2. The summed E-state index contributed by atoms with van der Waals surface area (Å²) in [6.45, 7) is 1.78. The summed E-state index contributed by atoms with van der Waals surface area (Å²) < 4.78 is 0. The van der Waals surface area contributed by atoms with E-state index in [1.165, 1.54) is 0 Å². The van der Waals surface area contributed by atoms with E-state index in [0.717, 1.165) is 5.56 Å². The maximum Gasteiger partial charge on any atom is 0.307 e. The molecule has 0 saturated heterocycles. The number of nitrogens with two attached hydrogens (primary N) is 1. The molecule has 1 aromatic rings. The van der Waals surface area contributed by atoms with Gasteiger partial charge >= 0.3 is 5.97 Å². The highest BCUT2D eigenvalue weighted by Crippen LogP contribution is 2.18. The minimum atomic E-state index is -0.968. The van der Waals surface area contributed by atoms with E-state index < -0.39 is 5.97 Å². The first-order valence-electron chi connectivity index (χ1n) is 4.05. The Labute approximate surface area is 81.6 Å². The van der Waals surface area contributed by atoms with Crippen molar-refractivity contribution in [2.45, 2.75) is 13.3 Å². The molecule has 0 atom stereocenters. The highest BCUT2D eigenvalue weighted by atomic mass is 16.4. The molecule has 72 valence electrons. The number of nitriles is 1. The molecule has 0 heterocycles. The molecule has 1 rings (SSSR count). The zero-order valence-electron chi connectivity index (χ0n) is 7.74. The van der Waals surface area contributed by atoms with Gasteiger partial charge in [0.05, 0.1) is 18.1 Å². The summed E-state index contributed by atoms with van der Waals surface area (Å²) >= 11 is 0. The molecule has 0 bridgehead atoms. The lowest BCUT2D eigenvalue weighted by atomic mass is 10.0. The Balaban J connectivity index is 3.22. The van der Waals surface area contributed by atoms with Crippen LogP contribution in [-0.2, 0) is 11.2 Å². The normalized spacial score (nSPS) is 9.43. The Kier molecular flexibility index (Phi) is 2.73. The van der Waals surface area contributed by atoms with Crippen molar-refractivity contribution in [3.8, 4) is 6.07 Å². The number of aliphatic carboxylic acids is 1. The fourth-order valence-corrected chi connectivity index (χ4v) is 1.19. The van der Waals surface area contributed by atoms with E-state index in [9.17, 15) is 4.79 Å². The van der Waals surface area contributed by atoms with Gasteiger partial charge in [-0.1, -0.05) is 0 Å². The maximum absolute atomic E-state index is 10.5. The van der Waals surface area contributed by atoms with E-state index in [4.69, 9.17) is 16.1 Å². The van der Waals surface area contributed by atoms with Gasteiger partial charge in [-0.05, 0) is 30.2 Å². The predicted molar refractivity (Wildman–Crippen MR) is 51.6 cm³/mol. The number of benzene rings is 1. The lowest BCUT2D eigenvalue weighted by Crippen LogP contribution is -2.04. The van der Waals surface area contributed by atoms with Gasteiger partial charge in [-0.3, -0.25) is 4.79 Å². The third-order valence-electron chi connectivity index (χ3n) is 1.95. The van der Waals surface area contributed by atoms with E-state index in [1.807, 2.05) is 6.07 Å². The topological polar surface area (TPSA) is 87.1 Å². The first-order valence-corrected chi connectivity index (χ1v) is 4.05. The standard InChI is InChI=1S/C10H10N2O2/c1-6-2-8(5-11)7(3-9(6)12)4-10(13)14/h2-3H,4,12H2,1H3,(H,13,14). The Bertz CT molecular complexity index is 419. The molecule has 0 aliphatic carbocycles. The number of carbonyl (C=O) groups is 1. The summed E-state index contributed by atoms with van der Waals surface area (Å²) in [5.41, 5.74) is 7.75. The number of carboxylic acid groups (broad SMARTS) is 1. The van der Waals surface area contributed by atoms with Crippen LogP contribution in [0.25, 0.3) is 0 Å². The third kappa shape index (κ3) is 2.02. The van der Waals surface area contributed by atoms with Gasteiger partial charge in [0, 0.05) is 5.69 Å². The number of carboxylic acids is 1. The molecule has 0 saturated carbocycles. The van der Waals surface area contributed by atoms with Crippen molar-refractivity contribution in [1.82, 2.24) is 0 Å². The molecule has 14 heavy (non-hydrogen) atoms. The van der Waals surface area contributed by atoms with E-state index in [-0.39, 0.29) is 6.42 Å². The zero-order valence-corrected chi connectivity index (χ0v) is 7.74. The minimum absolute atomic E-state index is 0.173. The zero-order chi connectivity index (χ0) is 10.7. The number of rotatable bonds is 2. The first kappa shape index (κ1) is 10.1. The van der Waals surface area contributed by atoms with Crippen LogP contribution in [0.2, 0.25) is 0 Å². The van der Waals surface area contributed by atoms with Crippen LogP contribution in [0.4, 0.5) is 5.69 Å². The van der Waals surface area contributed by atoms with Crippen LogP contribution in [0.1, 0.15) is 16.7 Å². The van der Waals surface area contributed by atoms with Crippen LogP contribution in [-0.4, -0.2) is 11.1 Å². The molecule has 3 N–H and O–H groups in total. The quantitative estimate of drug-likeness (QED) is 0.683. The molecule has 0 fully saturated rings. The van der Waals surface area contributed by atoms with Crippen molar-refractivity contribution in [3.05, 3.63) is 28.8 Å². The summed E-state index contributed by atoms with van der Waals surface area (Å²) in [7, 11) is 0. The van der Waals surface area contributed by atoms with Crippen molar-refractivity contribution in [1.29, 1.82) is 5.26 Å². The molecular formula is C10H10N2O2. The smallest absolute Gasteiger partial charge is 0.307 e. The minimum Gasteiger partial charge on any atom is -0.481 e. The number of nitrogens with zero attached hydrogens (tertiary/aromatic N) is 1. The molecule has 0 aromatic heterocycles.